The van der Waals surface area contributed by atoms with Gasteiger partial charge in [-0.3, -0.25) is 0 Å². The molecule has 2 aliphatic rings. The Morgan fingerprint density at radius 3 is 2.52 bits per heavy atom. The minimum absolute atomic E-state index is 0. The molecule has 2 aromatic rings. The van der Waals surface area contributed by atoms with Crippen LogP contribution in [0.25, 0.3) is 8.85 Å². The van der Waals surface area contributed by atoms with Crippen LogP contribution in [0.15, 0.2) is 46.9 Å². The predicted octanol–water partition coefficient (Wildman–Crippen LogP) is -1.62. The molecule has 1 nitrogen and oxygen atoms in total. The quantitative estimate of drug-likeness (QED) is 0.458. The molecule has 5 heteroatoms. The number of fused-ring (bicyclic) bond motifs is 5. The van der Waals surface area contributed by atoms with Gasteiger partial charge in [-0.05, 0) is 0 Å². The van der Waals surface area contributed by atoms with E-state index in [1.165, 1.54) is 60.4 Å². The summed E-state index contributed by atoms with van der Waals surface area (Å²) in [5.41, 5.74) is 7.16. The molecule has 1 unspecified atom stereocenters. The van der Waals surface area contributed by atoms with E-state index in [9.17, 15) is 0 Å². The molecular weight excluding hydrogens is 448 g/mol. The third-order valence-corrected chi connectivity index (χ3v) is 5.90. The minimum Gasteiger partial charge on any atom is -1.00 e. The average molecular weight is 459 g/mol. The molecule has 4 rings (SSSR count). The van der Waals surface area contributed by atoms with Crippen molar-refractivity contribution in [2.75, 3.05) is 11.9 Å². The summed E-state index contributed by atoms with van der Waals surface area (Å²) in [7, 11) is 2.21. The zero-order valence-electron chi connectivity index (χ0n) is 11.2. The van der Waals surface area contributed by atoms with E-state index >= 15 is 0 Å². The van der Waals surface area contributed by atoms with Crippen molar-refractivity contribution in [1.29, 1.82) is 0 Å². The molecule has 21 heavy (non-hydrogen) atoms. The Bertz CT molecular complexity index is 745. The summed E-state index contributed by atoms with van der Waals surface area (Å²) in [6, 6.07) is 15.9. The summed E-state index contributed by atoms with van der Waals surface area (Å²) in [5, 5.41) is 0. The SMILES string of the molecule is CN1c2ccccc2C2=[C]([Zr+2])c3cc(Br)ccc3C21.[Cl-].[Cl-]. The van der Waals surface area contributed by atoms with Gasteiger partial charge in [-0.15, -0.1) is 0 Å². The Morgan fingerprint density at radius 2 is 1.76 bits per heavy atom. The number of para-hydroxylation sites is 1. The predicted molar refractivity (Wildman–Crippen MR) is 78.5 cm³/mol. The van der Waals surface area contributed by atoms with Crippen LogP contribution in [0.2, 0.25) is 0 Å². The Morgan fingerprint density at radius 1 is 1.05 bits per heavy atom. The van der Waals surface area contributed by atoms with Crippen LogP contribution in [0.3, 0.4) is 0 Å². The maximum absolute atomic E-state index is 3.59. The van der Waals surface area contributed by atoms with Gasteiger partial charge in [0, 0.05) is 0 Å². The van der Waals surface area contributed by atoms with Crippen molar-refractivity contribution >= 4 is 30.5 Å². The fourth-order valence-corrected chi connectivity index (χ4v) is 4.81. The van der Waals surface area contributed by atoms with Crippen LogP contribution in [-0.2, 0) is 24.7 Å². The van der Waals surface area contributed by atoms with Gasteiger partial charge in [0.1, 0.15) is 0 Å². The summed E-state index contributed by atoms with van der Waals surface area (Å²) >= 11 is 5.09. The van der Waals surface area contributed by atoms with Gasteiger partial charge in [0.2, 0.25) is 0 Å². The molecule has 0 fully saturated rings. The minimum atomic E-state index is 0. The van der Waals surface area contributed by atoms with E-state index in [0.29, 0.717) is 6.04 Å². The monoisotopic (exact) mass is 456 g/mol. The number of benzene rings is 2. The van der Waals surface area contributed by atoms with E-state index in [2.05, 4.69) is 70.3 Å². The van der Waals surface area contributed by atoms with Gasteiger partial charge in [-0.25, -0.2) is 0 Å². The van der Waals surface area contributed by atoms with E-state index in [1.54, 1.807) is 0 Å². The van der Waals surface area contributed by atoms with E-state index in [0.717, 1.165) is 0 Å². The molecule has 0 bridgehead atoms. The van der Waals surface area contributed by atoms with E-state index in [4.69, 9.17) is 0 Å². The van der Waals surface area contributed by atoms with E-state index in [-0.39, 0.29) is 24.8 Å². The van der Waals surface area contributed by atoms with Gasteiger partial charge < -0.3 is 24.8 Å². The van der Waals surface area contributed by atoms with Crippen molar-refractivity contribution < 1.29 is 49.5 Å². The first-order valence-corrected chi connectivity index (χ1v) is 8.28. The number of likely N-dealkylation sites (N-methyl/N-ethyl adjacent to an activating group) is 1. The van der Waals surface area contributed by atoms with Gasteiger partial charge in [-0.2, -0.15) is 0 Å². The first-order valence-electron chi connectivity index (χ1n) is 6.26. The molecule has 0 spiro atoms. The average Bonchev–Trinajstić information content (AvgIpc) is 2.87. The molecule has 1 aliphatic heterocycles. The van der Waals surface area contributed by atoms with Crippen molar-refractivity contribution in [2.45, 2.75) is 6.04 Å². The first kappa shape index (κ1) is 17.3. The second-order valence-electron chi connectivity index (χ2n) is 5.05. The molecule has 0 radical (unpaired) electrons. The normalized spacial score (nSPS) is 17.7. The Balaban J connectivity index is 0.000000807. The van der Waals surface area contributed by atoms with Gasteiger partial charge >= 0.3 is 137 Å². The van der Waals surface area contributed by atoms with Crippen LogP contribution in [-0.4, -0.2) is 7.05 Å². The van der Waals surface area contributed by atoms with Gasteiger partial charge in [0.05, 0.1) is 0 Å². The fourth-order valence-electron chi connectivity index (χ4n) is 3.25. The maximum atomic E-state index is 3.59. The van der Waals surface area contributed by atoms with Gasteiger partial charge in [0.25, 0.3) is 0 Å². The van der Waals surface area contributed by atoms with Crippen molar-refractivity contribution in [3.8, 4) is 0 Å². The molecule has 0 amide bonds. The van der Waals surface area contributed by atoms with Crippen molar-refractivity contribution in [3.05, 3.63) is 63.6 Å². The number of anilines is 1. The molecule has 2 aromatic carbocycles. The second-order valence-corrected chi connectivity index (χ2v) is 7.20. The first-order chi connectivity index (χ1) is 9.18. The molecule has 0 aromatic heterocycles. The summed E-state index contributed by atoms with van der Waals surface area (Å²) in [4.78, 5) is 2.41. The summed E-state index contributed by atoms with van der Waals surface area (Å²) < 4.78 is 2.67. The molecular formula is C16H11BrCl2NZr. The largest absolute Gasteiger partial charge is 1.00 e. The molecule has 1 atom stereocenters. The van der Waals surface area contributed by atoms with Crippen LogP contribution < -0.4 is 29.7 Å². The topological polar surface area (TPSA) is 3.24 Å². The van der Waals surface area contributed by atoms with Crippen LogP contribution in [0.4, 0.5) is 5.69 Å². The van der Waals surface area contributed by atoms with Crippen LogP contribution >= 0.6 is 15.9 Å². The van der Waals surface area contributed by atoms with E-state index < -0.39 is 0 Å². The number of hydrogen-bond acceptors (Lipinski definition) is 1. The molecule has 1 heterocycles. The van der Waals surface area contributed by atoms with Crippen LogP contribution in [0, 0.1) is 0 Å². The maximum Gasteiger partial charge on any atom is -1.00 e. The number of nitrogens with zero attached hydrogens (tertiary/aromatic N) is 1. The third-order valence-electron chi connectivity index (χ3n) is 4.08. The van der Waals surface area contributed by atoms with E-state index in [1.807, 2.05) is 0 Å². The summed E-state index contributed by atoms with van der Waals surface area (Å²) in [5.74, 6) is 0. The van der Waals surface area contributed by atoms with Crippen LogP contribution in [0.5, 0.6) is 0 Å². The second kappa shape index (κ2) is 6.20. The molecule has 105 valence electrons. The zero-order chi connectivity index (χ0) is 13.1. The Labute approximate surface area is 160 Å². The zero-order valence-corrected chi connectivity index (χ0v) is 16.8. The summed E-state index contributed by atoms with van der Waals surface area (Å²) in [6.45, 7) is 0. The third kappa shape index (κ3) is 2.37. The number of rotatable bonds is 0. The number of hydrogen-bond donors (Lipinski definition) is 0. The molecule has 0 saturated carbocycles. The van der Waals surface area contributed by atoms with Crippen molar-refractivity contribution in [1.82, 2.24) is 0 Å². The molecule has 0 N–H and O–H groups in total. The fraction of sp³-hybridized carbons (Fsp3) is 0.125. The Hall–Kier alpha value is -0.0769. The van der Waals surface area contributed by atoms with Gasteiger partial charge in [-0.1, -0.05) is 0 Å². The van der Waals surface area contributed by atoms with Gasteiger partial charge in [0.15, 0.2) is 0 Å². The van der Waals surface area contributed by atoms with Crippen molar-refractivity contribution in [3.63, 3.8) is 0 Å². The molecule has 1 aliphatic carbocycles. The van der Waals surface area contributed by atoms with Crippen LogP contribution in [0.1, 0.15) is 22.7 Å². The van der Waals surface area contributed by atoms with Crippen molar-refractivity contribution in [2.24, 2.45) is 0 Å². The standard InChI is InChI=1S/C16H11BrN.2ClH.Zr/c1-18-15-5-3-2-4-13(15)14-9-10-8-11(17)6-7-12(10)16(14)18;;;/h2-8,16H,1H3;2*1H;/q;;;+2/p-2. The number of halogens is 3. The summed E-state index contributed by atoms with van der Waals surface area (Å²) in [6.07, 6.45) is 0. The molecule has 0 saturated heterocycles. The Kier molecular flexibility index (Phi) is 5.10. The smallest absolute Gasteiger partial charge is 1.00 e.